The molecule has 0 spiro atoms. The molecule has 0 radical (unpaired) electrons. The van der Waals surface area contributed by atoms with Crippen LogP contribution in [0.5, 0.6) is 0 Å². The van der Waals surface area contributed by atoms with E-state index in [4.69, 9.17) is 0 Å². The van der Waals surface area contributed by atoms with Crippen LogP contribution in [0.25, 0.3) is 0 Å². The number of hydrazine groups is 2. The Hall–Kier alpha value is -0.720. The third kappa shape index (κ3) is 0.796. The molecule has 3 rings (SSSR count). The third-order valence-electron chi connectivity index (χ3n) is 2.16. The van der Waals surface area contributed by atoms with E-state index in [1.54, 1.807) is 0 Å². The number of nitrogens with one attached hydrogen (secondary N) is 2. The van der Waals surface area contributed by atoms with E-state index in [1.165, 1.54) is 23.5 Å². The summed E-state index contributed by atoms with van der Waals surface area (Å²) < 4.78 is 6.09. The molecule has 2 N–H and O–H groups in total. The van der Waals surface area contributed by atoms with Crippen LogP contribution in [0.15, 0.2) is 15.8 Å². The smallest absolute Gasteiger partial charge is 0.111 e. The number of allylic oxidation sites excluding steroid dienone is 1. The Morgan fingerprint density at radius 2 is 2.58 bits per heavy atom. The quantitative estimate of drug-likeness (QED) is 0.495. The Balaban J connectivity index is 1.99. The van der Waals surface area contributed by atoms with Gasteiger partial charge >= 0.3 is 0 Å². The molecular formula is C6H9N5S. The molecule has 1 saturated heterocycles. The first-order chi connectivity index (χ1) is 5.95. The standard InChI is InChI=1S/C6H9N5S/c1-2-10-5(3-7-1)6-4-8-12-11(6)9-10/h4,7,9H,1-3H2. The van der Waals surface area contributed by atoms with Crippen molar-refractivity contribution in [1.29, 1.82) is 0 Å². The Morgan fingerprint density at radius 3 is 3.58 bits per heavy atom. The number of hydrogen-bond acceptors (Lipinski definition) is 6. The summed E-state index contributed by atoms with van der Waals surface area (Å²) in [6.07, 6.45) is 1.90. The van der Waals surface area contributed by atoms with E-state index in [0.717, 1.165) is 19.6 Å². The molecule has 0 atom stereocenters. The van der Waals surface area contributed by atoms with Crippen molar-refractivity contribution in [1.82, 2.24) is 20.3 Å². The molecule has 3 aliphatic rings. The van der Waals surface area contributed by atoms with Crippen molar-refractivity contribution in [2.45, 2.75) is 0 Å². The van der Waals surface area contributed by atoms with Gasteiger partial charge in [0, 0.05) is 19.6 Å². The molecule has 0 bridgehead atoms. The van der Waals surface area contributed by atoms with Crippen molar-refractivity contribution < 1.29 is 0 Å². The van der Waals surface area contributed by atoms with Crippen molar-refractivity contribution in [2.75, 3.05) is 19.6 Å². The first-order valence-electron chi connectivity index (χ1n) is 3.93. The van der Waals surface area contributed by atoms with Crippen LogP contribution < -0.4 is 10.9 Å². The highest BCUT2D eigenvalue weighted by atomic mass is 32.2. The molecule has 3 heterocycles. The molecule has 0 aromatic rings. The minimum absolute atomic E-state index is 0.936. The molecular weight excluding hydrogens is 174 g/mol. The van der Waals surface area contributed by atoms with Crippen LogP contribution in [0.1, 0.15) is 0 Å². The van der Waals surface area contributed by atoms with Crippen LogP contribution in [0.3, 0.4) is 0 Å². The molecule has 0 aromatic carbocycles. The number of piperazine rings is 1. The van der Waals surface area contributed by atoms with Gasteiger partial charge in [0.25, 0.3) is 0 Å². The summed E-state index contributed by atoms with van der Waals surface area (Å²) in [7, 11) is 0. The molecule has 64 valence electrons. The van der Waals surface area contributed by atoms with Gasteiger partial charge in [0.1, 0.15) is 17.8 Å². The lowest BCUT2D eigenvalue weighted by Gasteiger charge is -2.27. The Kier molecular flexibility index (Phi) is 1.34. The second-order valence-electron chi connectivity index (χ2n) is 2.87. The highest BCUT2D eigenvalue weighted by Crippen LogP contribution is 2.30. The molecule has 0 aliphatic carbocycles. The summed E-state index contributed by atoms with van der Waals surface area (Å²) in [6.45, 7) is 2.99. The van der Waals surface area contributed by atoms with E-state index in [2.05, 4.69) is 20.3 Å². The lowest BCUT2D eigenvalue weighted by atomic mass is 10.3. The summed E-state index contributed by atoms with van der Waals surface area (Å²) in [4.78, 5) is 0. The van der Waals surface area contributed by atoms with Crippen LogP contribution in [0.4, 0.5) is 0 Å². The van der Waals surface area contributed by atoms with Crippen LogP contribution in [0.2, 0.25) is 0 Å². The first kappa shape index (κ1) is 6.76. The van der Waals surface area contributed by atoms with Crippen LogP contribution in [-0.4, -0.2) is 35.3 Å². The number of hydrogen-bond donors (Lipinski definition) is 2. The molecule has 0 aromatic heterocycles. The average Bonchev–Trinajstić information content (AvgIpc) is 2.62. The predicted octanol–water partition coefficient (Wildman–Crippen LogP) is -0.514. The molecule has 6 heteroatoms. The van der Waals surface area contributed by atoms with Crippen molar-refractivity contribution in [3.8, 4) is 0 Å². The van der Waals surface area contributed by atoms with E-state index >= 15 is 0 Å². The van der Waals surface area contributed by atoms with Gasteiger partial charge in [0.2, 0.25) is 0 Å². The fourth-order valence-corrected chi connectivity index (χ4v) is 2.17. The molecule has 12 heavy (non-hydrogen) atoms. The summed E-state index contributed by atoms with van der Waals surface area (Å²) in [6, 6.07) is 0. The Bertz CT molecular complexity index is 273. The van der Waals surface area contributed by atoms with Crippen molar-refractivity contribution >= 4 is 18.3 Å². The minimum Gasteiger partial charge on any atom is -0.309 e. The SMILES string of the molecule is C1=NSN2NN3CCNCC3=C12. The van der Waals surface area contributed by atoms with Crippen LogP contribution >= 0.6 is 12.1 Å². The largest absolute Gasteiger partial charge is 0.309 e. The van der Waals surface area contributed by atoms with Gasteiger partial charge in [0.05, 0.1) is 11.9 Å². The first-order valence-corrected chi connectivity index (χ1v) is 4.66. The topological polar surface area (TPSA) is 42.9 Å². The zero-order valence-electron chi connectivity index (χ0n) is 6.45. The highest BCUT2D eigenvalue weighted by molar-refractivity contribution is 7.96. The highest BCUT2D eigenvalue weighted by Gasteiger charge is 2.32. The second-order valence-corrected chi connectivity index (χ2v) is 3.61. The van der Waals surface area contributed by atoms with E-state index < -0.39 is 0 Å². The Morgan fingerprint density at radius 1 is 1.58 bits per heavy atom. The normalized spacial score (nSPS) is 26.7. The van der Waals surface area contributed by atoms with Gasteiger partial charge in [-0.3, -0.25) is 5.01 Å². The van der Waals surface area contributed by atoms with Gasteiger partial charge in [0.15, 0.2) is 0 Å². The fraction of sp³-hybridized carbons (Fsp3) is 0.500. The molecule has 1 fully saturated rings. The maximum absolute atomic E-state index is 4.10. The van der Waals surface area contributed by atoms with E-state index in [1.807, 2.05) is 10.6 Å². The maximum atomic E-state index is 4.10. The summed E-state index contributed by atoms with van der Waals surface area (Å²) in [5.41, 5.74) is 5.73. The van der Waals surface area contributed by atoms with Crippen molar-refractivity contribution in [3.63, 3.8) is 0 Å². The van der Waals surface area contributed by atoms with Gasteiger partial charge < -0.3 is 5.32 Å². The number of nitrogens with zero attached hydrogens (tertiary/aromatic N) is 3. The van der Waals surface area contributed by atoms with E-state index in [-0.39, 0.29) is 0 Å². The second kappa shape index (κ2) is 2.38. The summed E-state index contributed by atoms with van der Waals surface area (Å²) >= 11 is 1.44. The monoisotopic (exact) mass is 183 g/mol. The van der Waals surface area contributed by atoms with Gasteiger partial charge in [-0.1, -0.05) is 0 Å². The fourth-order valence-electron chi connectivity index (χ4n) is 1.56. The van der Waals surface area contributed by atoms with Crippen LogP contribution in [-0.2, 0) is 0 Å². The van der Waals surface area contributed by atoms with E-state index in [0.29, 0.717) is 0 Å². The lowest BCUT2D eigenvalue weighted by molar-refractivity contribution is 0.180. The molecule has 5 nitrogen and oxygen atoms in total. The van der Waals surface area contributed by atoms with Crippen molar-refractivity contribution in [3.05, 3.63) is 11.4 Å². The zero-order valence-corrected chi connectivity index (χ0v) is 7.27. The van der Waals surface area contributed by atoms with Crippen molar-refractivity contribution in [2.24, 2.45) is 4.40 Å². The molecule has 0 amide bonds. The van der Waals surface area contributed by atoms with Gasteiger partial charge in [-0.25, -0.2) is 4.41 Å². The predicted molar refractivity (Wildman–Crippen MR) is 47.7 cm³/mol. The summed E-state index contributed by atoms with van der Waals surface area (Å²) in [5, 5.41) is 5.50. The third-order valence-corrected chi connectivity index (χ3v) is 2.80. The maximum Gasteiger partial charge on any atom is 0.111 e. The molecule has 0 saturated carbocycles. The minimum atomic E-state index is 0.936. The number of fused-ring (bicyclic) bond motifs is 2. The van der Waals surface area contributed by atoms with Gasteiger partial charge in [-0.05, 0) is 0 Å². The Labute approximate surface area is 74.7 Å². The average molecular weight is 183 g/mol. The van der Waals surface area contributed by atoms with E-state index in [9.17, 15) is 0 Å². The zero-order chi connectivity index (χ0) is 7.97. The molecule has 3 aliphatic heterocycles. The summed E-state index contributed by atoms with van der Waals surface area (Å²) in [5.74, 6) is 0. The van der Waals surface area contributed by atoms with Gasteiger partial charge in [-0.15, -0.1) is 5.53 Å². The molecule has 0 unspecified atom stereocenters. The van der Waals surface area contributed by atoms with Crippen LogP contribution in [0, 0.1) is 0 Å². The lowest BCUT2D eigenvalue weighted by Crippen LogP contribution is -2.46. The number of rotatable bonds is 0. The van der Waals surface area contributed by atoms with Gasteiger partial charge in [-0.2, -0.15) is 4.40 Å².